The Kier molecular flexibility index (Phi) is 7.57. The lowest BCUT2D eigenvalue weighted by molar-refractivity contribution is 0.396. The summed E-state index contributed by atoms with van der Waals surface area (Å²) >= 11 is 5.37. The predicted molar refractivity (Wildman–Crippen MR) is 118 cm³/mol. The Balaban J connectivity index is 1.52. The number of anilines is 2. The molecule has 0 aliphatic carbocycles. The molecule has 0 saturated carbocycles. The molecular weight excluding hydrogens is 389 g/mol. The van der Waals surface area contributed by atoms with Crippen LogP contribution in [0.4, 0.5) is 16.2 Å². The number of aryl methyl sites for hydroxylation is 1. The van der Waals surface area contributed by atoms with Crippen molar-refractivity contribution in [1.29, 1.82) is 0 Å². The fourth-order valence-corrected chi connectivity index (χ4v) is 3.62. The third-order valence-electron chi connectivity index (χ3n) is 4.95. The van der Waals surface area contributed by atoms with E-state index in [0.717, 1.165) is 43.7 Å². The summed E-state index contributed by atoms with van der Waals surface area (Å²) in [5, 5.41) is 6.69. The van der Waals surface area contributed by atoms with Crippen molar-refractivity contribution in [3.8, 4) is 5.88 Å². The van der Waals surface area contributed by atoms with Crippen LogP contribution in [0.5, 0.6) is 5.88 Å². The minimum absolute atomic E-state index is 0.214. The quantitative estimate of drug-likeness (QED) is 0.525. The van der Waals surface area contributed by atoms with Gasteiger partial charge in [0.05, 0.1) is 7.11 Å². The molecule has 0 bridgehead atoms. The second-order valence-electron chi connectivity index (χ2n) is 7.40. The van der Waals surface area contributed by atoms with Gasteiger partial charge < -0.3 is 20.3 Å². The van der Waals surface area contributed by atoms with Crippen LogP contribution in [0.1, 0.15) is 31.7 Å². The number of hydrogen-bond acceptors (Lipinski definition) is 5. The van der Waals surface area contributed by atoms with Gasteiger partial charge in [-0.1, -0.05) is 19.1 Å². The van der Waals surface area contributed by atoms with Crippen LogP contribution in [0, 0.1) is 11.7 Å². The molecule has 0 unspecified atom stereocenters. The number of ether oxygens (including phenoxy) is 1. The highest BCUT2D eigenvalue weighted by Crippen LogP contribution is 2.25. The molecule has 1 fully saturated rings. The molecule has 0 spiro atoms. The van der Waals surface area contributed by atoms with E-state index < -0.39 is 0 Å². The molecule has 6 nitrogen and oxygen atoms in total. The molecule has 3 rings (SSSR count). The second-order valence-corrected chi connectivity index (χ2v) is 7.80. The summed E-state index contributed by atoms with van der Waals surface area (Å²) in [5.74, 6) is 2.22. The minimum Gasteiger partial charge on any atom is -0.481 e. The summed E-state index contributed by atoms with van der Waals surface area (Å²) in [4.78, 5) is 11.2. The first-order valence-electron chi connectivity index (χ1n) is 10.0. The smallest absolute Gasteiger partial charge is 0.234 e. The van der Waals surface area contributed by atoms with E-state index in [4.69, 9.17) is 17.0 Å². The molecule has 1 saturated heterocycles. The molecule has 1 aromatic heterocycles. The highest BCUT2D eigenvalue weighted by Gasteiger charge is 2.19. The van der Waals surface area contributed by atoms with E-state index in [2.05, 4.69) is 32.4 Å². The number of thiocarbonyl (C=S) groups is 1. The Hall–Kier alpha value is -2.48. The molecule has 29 heavy (non-hydrogen) atoms. The van der Waals surface area contributed by atoms with Crippen LogP contribution in [0.2, 0.25) is 0 Å². The van der Waals surface area contributed by atoms with Crippen LogP contribution in [0.25, 0.3) is 0 Å². The van der Waals surface area contributed by atoms with Gasteiger partial charge in [0.15, 0.2) is 5.11 Å². The molecule has 2 aromatic rings. The van der Waals surface area contributed by atoms with E-state index in [1.807, 2.05) is 6.07 Å². The van der Waals surface area contributed by atoms with Gasteiger partial charge in [0.25, 0.3) is 0 Å². The fraction of sp³-hybridized carbons (Fsp3) is 0.476. The van der Waals surface area contributed by atoms with Crippen molar-refractivity contribution in [1.82, 2.24) is 15.3 Å². The van der Waals surface area contributed by atoms with Crippen molar-refractivity contribution in [2.45, 2.75) is 32.6 Å². The molecule has 1 aliphatic rings. The molecule has 8 heteroatoms. The number of hydrogen-bond donors (Lipinski definition) is 2. The Labute approximate surface area is 176 Å². The summed E-state index contributed by atoms with van der Waals surface area (Å²) in [6.45, 7) is 4.92. The van der Waals surface area contributed by atoms with E-state index in [-0.39, 0.29) is 5.82 Å². The summed E-state index contributed by atoms with van der Waals surface area (Å²) in [6.07, 6.45) is 4.13. The maximum Gasteiger partial charge on any atom is 0.234 e. The van der Waals surface area contributed by atoms with Crippen molar-refractivity contribution in [3.63, 3.8) is 0 Å². The number of methoxy groups -OCH3 is 1. The van der Waals surface area contributed by atoms with Crippen molar-refractivity contribution < 1.29 is 9.13 Å². The number of benzene rings is 1. The van der Waals surface area contributed by atoms with Gasteiger partial charge >= 0.3 is 0 Å². The first-order valence-corrected chi connectivity index (χ1v) is 10.4. The second kappa shape index (κ2) is 10.3. The van der Waals surface area contributed by atoms with E-state index in [0.29, 0.717) is 29.4 Å². The largest absolute Gasteiger partial charge is 0.481 e. The zero-order chi connectivity index (χ0) is 20.6. The zero-order valence-electron chi connectivity index (χ0n) is 16.9. The van der Waals surface area contributed by atoms with E-state index >= 15 is 0 Å². The number of aromatic nitrogens is 2. The van der Waals surface area contributed by atoms with Crippen LogP contribution in [-0.4, -0.2) is 41.8 Å². The van der Waals surface area contributed by atoms with E-state index in [1.54, 1.807) is 19.2 Å². The Morgan fingerprint density at radius 1 is 1.31 bits per heavy atom. The Morgan fingerprint density at radius 3 is 2.83 bits per heavy atom. The molecule has 1 aliphatic heterocycles. The molecule has 0 radical (unpaired) electrons. The third-order valence-corrected chi connectivity index (χ3v) is 5.19. The average molecular weight is 418 g/mol. The van der Waals surface area contributed by atoms with E-state index in [9.17, 15) is 4.39 Å². The molecule has 2 heterocycles. The molecule has 156 valence electrons. The van der Waals surface area contributed by atoms with Gasteiger partial charge in [-0.25, -0.2) is 4.39 Å². The SMILES string of the molecule is COc1cc(N2CCC[C@H](C)C2)nc(NC(=S)NCCCc2ccc(F)cc2)n1. The minimum atomic E-state index is -0.214. The molecule has 1 aromatic carbocycles. The van der Waals surface area contributed by atoms with Crippen LogP contribution in [0.15, 0.2) is 30.3 Å². The van der Waals surface area contributed by atoms with Gasteiger partial charge in [-0.3, -0.25) is 0 Å². The van der Waals surface area contributed by atoms with Crippen molar-refractivity contribution in [2.75, 3.05) is 37.0 Å². The molecule has 2 N–H and O–H groups in total. The third kappa shape index (κ3) is 6.52. The standard InChI is InChI=1S/C21H28FN5OS/c1-15-5-4-12-27(14-15)18-13-19(28-2)25-20(24-18)26-21(29)23-11-3-6-16-7-9-17(22)10-8-16/h7-10,13,15H,3-6,11-12,14H2,1-2H3,(H2,23,24,25,26,29)/t15-/m0/s1. The number of nitrogens with one attached hydrogen (secondary N) is 2. The van der Waals surface area contributed by atoms with Gasteiger partial charge in [0.2, 0.25) is 11.8 Å². The van der Waals surface area contributed by atoms with Gasteiger partial charge in [-0.2, -0.15) is 9.97 Å². The van der Waals surface area contributed by atoms with Crippen LogP contribution in [0.3, 0.4) is 0 Å². The monoisotopic (exact) mass is 417 g/mol. The lowest BCUT2D eigenvalue weighted by Gasteiger charge is -2.32. The van der Waals surface area contributed by atoms with Gasteiger partial charge in [0, 0.05) is 25.7 Å². The summed E-state index contributed by atoms with van der Waals surface area (Å²) < 4.78 is 18.3. The maximum atomic E-state index is 12.9. The van der Waals surface area contributed by atoms with E-state index in [1.165, 1.54) is 18.6 Å². The van der Waals surface area contributed by atoms with Crippen LogP contribution < -0.4 is 20.3 Å². The number of nitrogens with zero attached hydrogens (tertiary/aromatic N) is 3. The van der Waals surface area contributed by atoms with Gasteiger partial charge in [0.1, 0.15) is 11.6 Å². The highest BCUT2D eigenvalue weighted by molar-refractivity contribution is 7.80. The van der Waals surface area contributed by atoms with Gasteiger partial charge in [-0.05, 0) is 61.5 Å². The first-order chi connectivity index (χ1) is 14.0. The topological polar surface area (TPSA) is 62.3 Å². The van der Waals surface area contributed by atoms with Crippen LogP contribution >= 0.6 is 12.2 Å². The highest BCUT2D eigenvalue weighted by atomic mass is 32.1. The summed E-state index contributed by atoms with van der Waals surface area (Å²) in [7, 11) is 1.60. The Bertz CT molecular complexity index is 817. The number of piperidine rings is 1. The first kappa shape index (κ1) is 21.2. The molecular formula is C21H28FN5OS. The van der Waals surface area contributed by atoms with Crippen LogP contribution in [-0.2, 0) is 6.42 Å². The lowest BCUT2D eigenvalue weighted by Crippen LogP contribution is -2.35. The summed E-state index contributed by atoms with van der Waals surface area (Å²) in [6, 6.07) is 8.44. The normalized spacial score (nSPS) is 16.4. The fourth-order valence-electron chi connectivity index (χ4n) is 3.42. The Morgan fingerprint density at radius 2 is 2.10 bits per heavy atom. The summed E-state index contributed by atoms with van der Waals surface area (Å²) in [5.41, 5.74) is 1.10. The van der Waals surface area contributed by atoms with Gasteiger partial charge in [-0.15, -0.1) is 0 Å². The van der Waals surface area contributed by atoms with Crippen molar-refractivity contribution in [2.24, 2.45) is 5.92 Å². The molecule has 1 atom stereocenters. The average Bonchev–Trinajstić information content (AvgIpc) is 2.72. The maximum absolute atomic E-state index is 12.9. The number of halogens is 1. The lowest BCUT2D eigenvalue weighted by atomic mass is 10.0. The van der Waals surface area contributed by atoms with Crippen molar-refractivity contribution in [3.05, 3.63) is 41.7 Å². The number of rotatable bonds is 7. The predicted octanol–water partition coefficient (Wildman–Crippen LogP) is 3.78. The zero-order valence-corrected chi connectivity index (χ0v) is 17.8. The molecule has 0 amide bonds. The van der Waals surface area contributed by atoms with Crippen molar-refractivity contribution >= 4 is 29.1 Å².